The van der Waals surface area contributed by atoms with Crippen molar-refractivity contribution >= 4 is 11.8 Å². The number of hydrogen-bond donors (Lipinski definition) is 0. The zero-order chi connectivity index (χ0) is 13.5. The maximum Gasteiger partial charge on any atom is 0.346 e. The van der Waals surface area contributed by atoms with Crippen molar-refractivity contribution in [2.45, 2.75) is 32.8 Å². The maximum atomic E-state index is 11.2. The van der Waals surface area contributed by atoms with E-state index in [0.717, 1.165) is 12.0 Å². The number of ether oxygens (including phenoxy) is 2. The molecule has 4 heteroatoms. The summed E-state index contributed by atoms with van der Waals surface area (Å²) in [5.74, 6) is 0.379. The van der Waals surface area contributed by atoms with Gasteiger partial charge < -0.3 is 14.3 Å². The number of ketones is 1. The molecule has 1 aromatic rings. The van der Waals surface area contributed by atoms with E-state index >= 15 is 0 Å². The second kappa shape index (κ2) is 6.79. The molecule has 0 aliphatic carbocycles. The predicted molar refractivity (Wildman–Crippen MR) is 67.6 cm³/mol. The van der Waals surface area contributed by atoms with E-state index < -0.39 is 12.1 Å². The summed E-state index contributed by atoms with van der Waals surface area (Å²) in [6, 6.07) is 7.36. The summed E-state index contributed by atoms with van der Waals surface area (Å²) >= 11 is 0. The zero-order valence-electron chi connectivity index (χ0n) is 10.9. The van der Waals surface area contributed by atoms with Crippen LogP contribution in [0.5, 0.6) is 5.75 Å². The van der Waals surface area contributed by atoms with Gasteiger partial charge in [-0.2, -0.15) is 0 Å². The van der Waals surface area contributed by atoms with Crippen LogP contribution in [0.2, 0.25) is 0 Å². The van der Waals surface area contributed by atoms with E-state index in [2.05, 4.69) is 4.74 Å². The number of hydrogen-bond acceptors (Lipinski definition) is 4. The Bertz CT molecular complexity index is 408. The van der Waals surface area contributed by atoms with E-state index in [0.29, 0.717) is 12.2 Å². The molecule has 1 aromatic carbocycles. The Morgan fingerprint density at radius 1 is 1.22 bits per heavy atom. The second-order valence-electron chi connectivity index (χ2n) is 4.13. The van der Waals surface area contributed by atoms with E-state index in [1.54, 1.807) is 26.0 Å². The van der Waals surface area contributed by atoms with Crippen LogP contribution in [0.3, 0.4) is 0 Å². The molecule has 0 fully saturated rings. The minimum atomic E-state index is -0.627. The summed E-state index contributed by atoms with van der Waals surface area (Å²) in [6.07, 6.45) is 0.638. The molecule has 0 heterocycles. The molecular formula is C14H18O4. The molecule has 98 valence electrons. The van der Waals surface area contributed by atoms with Crippen molar-refractivity contribution in [1.82, 2.24) is 0 Å². The van der Waals surface area contributed by atoms with Crippen molar-refractivity contribution in [2.24, 2.45) is 0 Å². The van der Waals surface area contributed by atoms with Crippen molar-refractivity contribution < 1.29 is 19.1 Å². The number of Topliss-reactive ketones (excluding diaryl/α,β-unsaturated/α-hetero) is 1. The van der Waals surface area contributed by atoms with Gasteiger partial charge in [0.2, 0.25) is 0 Å². The number of methoxy groups -OCH3 is 1. The first-order valence-electron chi connectivity index (χ1n) is 5.85. The Kier molecular flexibility index (Phi) is 5.36. The van der Waals surface area contributed by atoms with Gasteiger partial charge in [0.05, 0.1) is 7.11 Å². The largest absolute Gasteiger partial charge is 0.479 e. The zero-order valence-corrected chi connectivity index (χ0v) is 10.9. The normalized spacial score (nSPS) is 11.7. The third-order valence-corrected chi connectivity index (χ3v) is 2.54. The smallest absolute Gasteiger partial charge is 0.346 e. The Hall–Kier alpha value is -1.84. The first-order valence-corrected chi connectivity index (χ1v) is 5.85. The van der Waals surface area contributed by atoms with Gasteiger partial charge in [-0.25, -0.2) is 4.79 Å². The molecule has 0 saturated carbocycles. The van der Waals surface area contributed by atoms with Gasteiger partial charge >= 0.3 is 5.97 Å². The van der Waals surface area contributed by atoms with E-state index in [4.69, 9.17) is 4.74 Å². The molecule has 0 spiro atoms. The molecule has 0 N–H and O–H groups in total. The summed E-state index contributed by atoms with van der Waals surface area (Å²) in [6.45, 7) is 3.21. The van der Waals surface area contributed by atoms with Crippen LogP contribution in [0.1, 0.15) is 25.8 Å². The van der Waals surface area contributed by atoms with E-state index in [9.17, 15) is 9.59 Å². The van der Waals surface area contributed by atoms with Crippen molar-refractivity contribution in [3.63, 3.8) is 0 Å². The van der Waals surface area contributed by atoms with Crippen molar-refractivity contribution in [1.29, 1.82) is 0 Å². The Labute approximate surface area is 107 Å². The third-order valence-electron chi connectivity index (χ3n) is 2.54. The highest BCUT2D eigenvalue weighted by Crippen LogP contribution is 2.15. The number of rotatable bonds is 6. The predicted octanol–water partition coefficient (Wildman–Crippen LogP) is 2.15. The highest BCUT2D eigenvalue weighted by atomic mass is 16.6. The fourth-order valence-electron chi connectivity index (χ4n) is 1.47. The van der Waals surface area contributed by atoms with Gasteiger partial charge in [0.1, 0.15) is 11.5 Å². The molecule has 18 heavy (non-hydrogen) atoms. The summed E-state index contributed by atoms with van der Waals surface area (Å²) in [5.41, 5.74) is 1.07. The summed E-state index contributed by atoms with van der Waals surface area (Å²) in [7, 11) is 1.33. The quantitative estimate of drug-likeness (QED) is 0.726. The van der Waals surface area contributed by atoms with Gasteiger partial charge in [-0.15, -0.1) is 0 Å². The highest BCUT2D eigenvalue weighted by Gasteiger charge is 2.14. The molecule has 1 atom stereocenters. The summed E-state index contributed by atoms with van der Waals surface area (Å²) in [4.78, 5) is 22.0. The molecule has 4 nitrogen and oxygen atoms in total. The van der Waals surface area contributed by atoms with Crippen LogP contribution in [0.25, 0.3) is 0 Å². The molecule has 0 bridgehead atoms. The first-order chi connectivity index (χ1) is 8.52. The van der Waals surface area contributed by atoms with Crippen LogP contribution < -0.4 is 4.74 Å². The lowest BCUT2D eigenvalue weighted by atomic mass is 10.1. The molecular weight excluding hydrogens is 232 g/mol. The number of benzene rings is 1. The summed E-state index contributed by atoms with van der Waals surface area (Å²) in [5, 5.41) is 0. The number of carbonyl (C=O) groups is 2. The minimum absolute atomic E-state index is 0.176. The molecule has 0 aliphatic heterocycles. The van der Waals surface area contributed by atoms with Gasteiger partial charge in [-0.05, 0) is 38.0 Å². The van der Waals surface area contributed by atoms with Crippen molar-refractivity contribution in [2.75, 3.05) is 7.11 Å². The van der Waals surface area contributed by atoms with E-state index in [1.165, 1.54) is 7.11 Å². The van der Waals surface area contributed by atoms with Crippen molar-refractivity contribution in [3.8, 4) is 5.75 Å². The van der Waals surface area contributed by atoms with Gasteiger partial charge in [-0.1, -0.05) is 12.1 Å². The topological polar surface area (TPSA) is 52.6 Å². The SMILES string of the molecule is COC(=O)[C@@H](C)Oc1ccc(CCC(C)=O)cc1. The second-order valence-corrected chi connectivity index (χ2v) is 4.13. The molecule has 0 amide bonds. The molecule has 0 aromatic heterocycles. The fourth-order valence-corrected chi connectivity index (χ4v) is 1.47. The molecule has 0 radical (unpaired) electrons. The average molecular weight is 250 g/mol. The lowest BCUT2D eigenvalue weighted by molar-refractivity contribution is -0.147. The average Bonchev–Trinajstić information content (AvgIpc) is 2.36. The van der Waals surface area contributed by atoms with Crippen LogP contribution >= 0.6 is 0 Å². The Balaban J connectivity index is 2.54. The first kappa shape index (κ1) is 14.2. The fraction of sp³-hybridized carbons (Fsp3) is 0.429. The number of aryl methyl sites for hydroxylation is 1. The lowest BCUT2D eigenvalue weighted by Gasteiger charge is -2.12. The molecule has 0 unspecified atom stereocenters. The van der Waals surface area contributed by atoms with Gasteiger partial charge in [0.25, 0.3) is 0 Å². The Morgan fingerprint density at radius 2 is 1.83 bits per heavy atom. The number of esters is 1. The Morgan fingerprint density at radius 3 is 2.33 bits per heavy atom. The van der Waals surface area contributed by atoms with Gasteiger partial charge in [-0.3, -0.25) is 0 Å². The van der Waals surface area contributed by atoms with Crippen LogP contribution in [0, 0.1) is 0 Å². The van der Waals surface area contributed by atoms with Crippen molar-refractivity contribution in [3.05, 3.63) is 29.8 Å². The van der Waals surface area contributed by atoms with Gasteiger partial charge in [0.15, 0.2) is 6.10 Å². The minimum Gasteiger partial charge on any atom is -0.479 e. The lowest BCUT2D eigenvalue weighted by Crippen LogP contribution is -2.24. The monoisotopic (exact) mass is 250 g/mol. The van der Waals surface area contributed by atoms with Crippen LogP contribution in [-0.4, -0.2) is 25.0 Å². The van der Waals surface area contributed by atoms with E-state index in [-0.39, 0.29) is 5.78 Å². The number of carbonyl (C=O) groups excluding carboxylic acids is 2. The van der Waals surface area contributed by atoms with Crippen LogP contribution in [-0.2, 0) is 20.7 Å². The van der Waals surface area contributed by atoms with Gasteiger partial charge in [0, 0.05) is 6.42 Å². The van der Waals surface area contributed by atoms with E-state index in [1.807, 2.05) is 12.1 Å². The molecule has 1 rings (SSSR count). The van der Waals surface area contributed by atoms with Crippen LogP contribution in [0.15, 0.2) is 24.3 Å². The summed E-state index contributed by atoms with van der Waals surface area (Å²) < 4.78 is 9.98. The standard InChI is InChI=1S/C14H18O4/c1-10(15)4-5-12-6-8-13(9-7-12)18-11(2)14(16)17-3/h6-9,11H,4-5H2,1-3H3/t11-/m1/s1. The third kappa shape index (κ3) is 4.57. The molecule has 0 aliphatic rings. The highest BCUT2D eigenvalue weighted by molar-refractivity contribution is 5.75. The maximum absolute atomic E-state index is 11.2. The van der Waals surface area contributed by atoms with Crippen LogP contribution in [0.4, 0.5) is 0 Å². The molecule has 0 saturated heterocycles.